The van der Waals surface area contributed by atoms with Gasteiger partial charge in [0, 0.05) is 85.4 Å². The van der Waals surface area contributed by atoms with Gasteiger partial charge < -0.3 is 20.1 Å². The van der Waals surface area contributed by atoms with Gasteiger partial charge in [-0.3, -0.25) is 14.7 Å². The van der Waals surface area contributed by atoms with Crippen molar-refractivity contribution >= 4 is 23.2 Å². The summed E-state index contributed by atoms with van der Waals surface area (Å²) in [5.41, 5.74) is 7.43. The second kappa shape index (κ2) is 12.5. The molecule has 0 atom stereocenters. The molecular weight excluding hydrogens is 540 g/mol. The van der Waals surface area contributed by atoms with E-state index >= 15 is 0 Å². The number of nitrogens with one attached hydrogen (secondary N) is 2. The third-order valence-corrected chi connectivity index (χ3v) is 7.56. The molecule has 0 saturated carbocycles. The van der Waals surface area contributed by atoms with Gasteiger partial charge in [0.15, 0.2) is 5.76 Å². The van der Waals surface area contributed by atoms with E-state index in [0.29, 0.717) is 28.7 Å². The number of amides is 1. The van der Waals surface area contributed by atoms with Crippen molar-refractivity contribution < 1.29 is 9.32 Å². The minimum absolute atomic E-state index is 0.159. The highest BCUT2D eigenvalue weighted by atomic mass is 16.5. The van der Waals surface area contributed by atoms with Gasteiger partial charge in [-0.1, -0.05) is 23.4 Å². The van der Waals surface area contributed by atoms with Crippen molar-refractivity contribution in [3.63, 3.8) is 0 Å². The first-order chi connectivity index (χ1) is 20.9. The fourth-order valence-electron chi connectivity index (χ4n) is 4.98. The number of carbonyl (C=O) groups excluding carboxylic acids is 1. The minimum Gasteiger partial charge on any atom is -0.356 e. The lowest BCUT2D eigenvalue weighted by Crippen LogP contribution is -2.43. The van der Waals surface area contributed by atoms with Crippen LogP contribution in [0.2, 0.25) is 0 Å². The van der Waals surface area contributed by atoms with Gasteiger partial charge >= 0.3 is 0 Å². The van der Waals surface area contributed by atoms with Gasteiger partial charge in [-0.2, -0.15) is 0 Å². The number of pyridine rings is 1. The van der Waals surface area contributed by atoms with E-state index in [2.05, 4.69) is 42.6 Å². The molecule has 10 nitrogen and oxygen atoms in total. The van der Waals surface area contributed by atoms with Crippen LogP contribution in [0.5, 0.6) is 0 Å². The molecule has 2 N–H and O–H groups in total. The van der Waals surface area contributed by atoms with Crippen LogP contribution in [-0.2, 0) is 6.54 Å². The van der Waals surface area contributed by atoms with E-state index in [0.717, 1.165) is 60.8 Å². The summed E-state index contributed by atoms with van der Waals surface area (Å²) in [5.74, 6) is 0.921. The quantitative estimate of drug-likeness (QED) is 0.246. The maximum Gasteiger partial charge on any atom is 0.255 e. The Balaban J connectivity index is 1.12. The highest BCUT2D eigenvalue weighted by Crippen LogP contribution is 2.27. The Bertz CT molecular complexity index is 1730. The number of anilines is 3. The number of rotatable bonds is 8. The number of aryl methyl sites for hydroxylation is 2. The number of hydrogen-bond donors (Lipinski definition) is 2. The zero-order valence-electron chi connectivity index (χ0n) is 24.5. The lowest BCUT2D eigenvalue weighted by Gasteiger charge is -2.32. The Morgan fingerprint density at radius 2 is 1.72 bits per heavy atom. The molecule has 3 aromatic heterocycles. The van der Waals surface area contributed by atoms with E-state index in [1.54, 1.807) is 18.6 Å². The van der Waals surface area contributed by atoms with Crippen molar-refractivity contribution in [2.45, 2.75) is 20.4 Å². The summed E-state index contributed by atoms with van der Waals surface area (Å²) in [5, 5.41) is 10.3. The predicted octanol–water partition coefficient (Wildman–Crippen LogP) is 5.55. The van der Waals surface area contributed by atoms with Crippen LogP contribution in [0, 0.1) is 13.8 Å². The molecule has 0 unspecified atom stereocenters. The van der Waals surface area contributed by atoms with E-state index in [-0.39, 0.29) is 5.91 Å². The Kier molecular flexibility index (Phi) is 8.21. The Hall–Kier alpha value is -4.93. The molecule has 2 aromatic carbocycles. The zero-order valence-corrected chi connectivity index (χ0v) is 24.5. The summed E-state index contributed by atoms with van der Waals surface area (Å²) >= 11 is 0. The van der Waals surface area contributed by atoms with Gasteiger partial charge in [-0.15, -0.1) is 0 Å². The Morgan fingerprint density at radius 3 is 2.49 bits per heavy atom. The maximum atomic E-state index is 13.1. The first-order valence-electron chi connectivity index (χ1n) is 14.3. The van der Waals surface area contributed by atoms with E-state index in [4.69, 9.17) is 9.51 Å². The Labute approximate surface area is 250 Å². The van der Waals surface area contributed by atoms with Crippen molar-refractivity contribution in [3.05, 3.63) is 102 Å². The molecule has 0 spiro atoms. The van der Waals surface area contributed by atoms with Gasteiger partial charge in [0.1, 0.15) is 0 Å². The largest absolute Gasteiger partial charge is 0.356 e. The molecule has 43 heavy (non-hydrogen) atoms. The van der Waals surface area contributed by atoms with Crippen molar-refractivity contribution in [2.75, 3.05) is 43.9 Å². The molecule has 1 amide bonds. The second-order valence-corrected chi connectivity index (χ2v) is 10.9. The number of aromatic nitrogens is 4. The predicted molar refractivity (Wildman–Crippen MR) is 167 cm³/mol. The molecule has 0 bridgehead atoms. The van der Waals surface area contributed by atoms with E-state index in [1.807, 2.05) is 74.5 Å². The average molecular weight is 575 g/mol. The Morgan fingerprint density at radius 1 is 0.930 bits per heavy atom. The molecule has 1 aliphatic rings. The third-order valence-electron chi connectivity index (χ3n) is 7.56. The molecule has 0 aliphatic carbocycles. The SMILES string of the molecule is Cc1cc(-c2cncc(-c3ccnc(Nc4cc(NC(=O)c5ccc(CN6CCN(C)CC6)cc5)ccc4C)n3)c2)on1. The number of benzene rings is 2. The second-order valence-electron chi connectivity index (χ2n) is 10.9. The summed E-state index contributed by atoms with van der Waals surface area (Å²) in [6.45, 7) is 9.06. The van der Waals surface area contributed by atoms with Crippen LogP contribution in [0.1, 0.15) is 27.2 Å². The standard InChI is InChI=1S/C33H34N8O2/c1-22-4-9-28(36-32(42)25-7-5-24(6-8-25)21-41-14-12-40(3)13-15-41)18-30(22)38-33-35-11-10-29(37-33)26-17-27(20-34-19-26)31-16-23(2)39-43-31/h4-11,16-20H,12-15,21H2,1-3H3,(H,36,42)(H,35,37,38). The average Bonchev–Trinajstić information content (AvgIpc) is 3.47. The maximum absolute atomic E-state index is 13.1. The molecule has 10 heteroatoms. The number of hydrogen-bond acceptors (Lipinski definition) is 9. The lowest BCUT2D eigenvalue weighted by atomic mass is 10.1. The molecule has 0 radical (unpaired) electrons. The summed E-state index contributed by atoms with van der Waals surface area (Å²) in [6, 6.07) is 19.2. The summed E-state index contributed by atoms with van der Waals surface area (Å²) in [7, 11) is 2.16. The lowest BCUT2D eigenvalue weighted by molar-refractivity contribution is 0.102. The van der Waals surface area contributed by atoms with Gasteiger partial charge in [0.2, 0.25) is 5.95 Å². The third kappa shape index (κ3) is 6.94. The minimum atomic E-state index is -0.159. The molecule has 1 saturated heterocycles. The molecule has 1 aliphatic heterocycles. The summed E-state index contributed by atoms with van der Waals surface area (Å²) < 4.78 is 5.39. The topological polar surface area (TPSA) is 112 Å². The smallest absolute Gasteiger partial charge is 0.255 e. The number of carbonyl (C=O) groups is 1. The normalized spacial score (nSPS) is 14.0. The van der Waals surface area contributed by atoms with Gasteiger partial charge in [0.25, 0.3) is 5.91 Å². The van der Waals surface area contributed by atoms with Gasteiger partial charge in [-0.05, 0) is 68.4 Å². The fourth-order valence-corrected chi connectivity index (χ4v) is 4.98. The van der Waals surface area contributed by atoms with Gasteiger partial charge in [-0.25, -0.2) is 9.97 Å². The first-order valence-corrected chi connectivity index (χ1v) is 14.3. The summed E-state index contributed by atoms with van der Waals surface area (Å²) in [6.07, 6.45) is 5.18. The van der Waals surface area contributed by atoms with E-state index < -0.39 is 0 Å². The van der Waals surface area contributed by atoms with Crippen molar-refractivity contribution in [3.8, 4) is 22.6 Å². The molecule has 4 heterocycles. The van der Waals surface area contributed by atoms with Crippen LogP contribution in [0.15, 0.2) is 83.8 Å². The molecule has 218 valence electrons. The van der Waals surface area contributed by atoms with E-state index in [1.165, 1.54) is 5.56 Å². The number of piperazine rings is 1. The number of likely N-dealkylation sites (N-methyl/N-ethyl adjacent to an activating group) is 1. The van der Waals surface area contributed by atoms with E-state index in [9.17, 15) is 4.79 Å². The molecule has 5 aromatic rings. The van der Waals surface area contributed by atoms with Crippen molar-refractivity contribution in [1.82, 2.24) is 29.9 Å². The summed E-state index contributed by atoms with van der Waals surface area (Å²) in [4.78, 5) is 31.3. The molecular formula is C33H34N8O2. The van der Waals surface area contributed by atoms with Crippen LogP contribution < -0.4 is 10.6 Å². The molecule has 6 rings (SSSR count). The van der Waals surface area contributed by atoms with Crippen LogP contribution in [0.3, 0.4) is 0 Å². The monoisotopic (exact) mass is 574 g/mol. The highest BCUT2D eigenvalue weighted by molar-refractivity contribution is 6.04. The fraction of sp³-hybridized carbons (Fsp3) is 0.242. The van der Waals surface area contributed by atoms with Crippen LogP contribution in [-0.4, -0.2) is 69.0 Å². The van der Waals surface area contributed by atoms with Crippen molar-refractivity contribution in [1.29, 1.82) is 0 Å². The van der Waals surface area contributed by atoms with Crippen LogP contribution in [0.4, 0.5) is 17.3 Å². The van der Waals surface area contributed by atoms with Gasteiger partial charge in [0.05, 0.1) is 11.4 Å². The number of nitrogens with zero attached hydrogens (tertiary/aromatic N) is 6. The highest BCUT2D eigenvalue weighted by Gasteiger charge is 2.15. The first kappa shape index (κ1) is 28.2. The van der Waals surface area contributed by atoms with Crippen LogP contribution >= 0.6 is 0 Å². The van der Waals surface area contributed by atoms with Crippen LogP contribution in [0.25, 0.3) is 22.6 Å². The zero-order chi connectivity index (χ0) is 29.8. The van der Waals surface area contributed by atoms with Crippen molar-refractivity contribution in [2.24, 2.45) is 0 Å². The molecule has 1 fully saturated rings.